The van der Waals surface area contributed by atoms with Crippen molar-refractivity contribution in [1.29, 1.82) is 0 Å². The molecule has 2 rings (SSSR count). The number of aliphatic carboxylic acids is 1. The maximum absolute atomic E-state index is 10.6. The van der Waals surface area contributed by atoms with Gasteiger partial charge < -0.3 is 10.2 Å². The smallest absolute Gasteiger partial charge is 0.328 e. The van der Waals surface area contributed by atoms with Gasteiger partial charge >= 0.3 is 5.97 Å². The zero-order valence-corrected chi connectivity index (χ0v) is 9.57. The van der Waals surface area contributed by atoms with Gasteiger partial charge in [-0.15, -0.1) is 0 Å². The standard InChI is InChI=1S/C13H18O3/c1-13-3-2-9(6-12(15)16)4-11(13)5-10(7-13)8-14/h6,8,11,14H,2-5,7H2,1H3,(H,15,16)/b9-6+,10-8-. The largest absolute Gasteiger partial charge is 0.516 e. The molecule has 2 atom stereocenters. The third kappa shape index (κ3) is 1.99. The molecule has 0 heterocycles. The van der Waals surface area contributed by atoms with E-state index in [2.05, 4.69) is 6.92 Å². The Morgan fingerprint density at radius 1 is 1.44 bits per heavy atom. The molecule has 88 valence electrons. The summed E-state index contributed by atoms with van der Waals surface area (Å²) >= 11 is 0. The number of rotatable bonds is 1. The van der Waals surface area contributed by atoms with Crippen molar-refractivity contribution in [3.63, 3.8) is 0 Å². The SMILES string of the molecule is CC12CC/C(=C\C(=O)O)CC1C/C(=C/O)C2. The Morgan fingerprint density at radius 2 is 2.12 bits per heavy atom. The highest BCUT2D eigenvalue weighted by Gasteiger charge is 2.43. The second-order valence-corrected chi connectivity index (χ2v) is 5.36. The molecule has 0 bridgehead atoms. The van der Waals surface area contributed by atoms with Crippen LogP contribution in [-0.2, 0) is 4.79 Å². The van der Waals surface area contributed by atoms with Crippen LogP contribution in [0.3, 0.4) is 0 Å². The van der Waals surface area contributed by atoms with Gasteiger partial charge in [-0.05, 0) is 49.0 Å². The van der Waals surface area contributed by atoms with E-state index in [1.165, 1.54) is 12.3 Å². The predicted molar refractivity (Wildman–Crippen MR) is 61.1 cm³/mol. The minimum atomic E-state index is -0.838. The molecule has 2 fully saturated rings. The summed E-state index contributed by atoms with van der Waals surface area (Å²) in [4.78, 5) is 10.6. The molecule has 2 N–H and O–H groups in total. The highest BCUT2D eigenvalue weighted by atomic mass is 16.4. The number of hydrogen-bond acceptors (Lipinski definition) is 2. The van der Waals surface area contributed by atoms with Crippen molar-refractivity contribution in [2.75, 3.05) is 0 Å². The number of carbonyl (C=O) groups is 1. The summed E-state index contributed by atoms with van der Waals surface area (Å²) in [5.74, 6) is -0.334. The van der Waals surface area contributed by atoms with Gasteiger partial charge in [0, 0.05) is 6.08 Å². The second-order valence-electron chi connectivity index (χ2n) is 5.36. The highest BCUT2D eigenvalue weighted by molar-refractivity contribution is 5.80. The molecule has 0 aromatic heterocycles. The van der Waals surface area contributed by atoms with E-state index in [4.69, 9.17) is 10.2 Å². The highest BCUT2D eigenvalue weighted by Crippen LogP contribution is 2.55. The van der Waals surface area contributed by atoms with Crippen LogP contribution >= 0.6 is 0 Å². The first-order valence-electron chi connectivity index (χ1n) is 5.78. The summed E-state index contributed by atoms with van der Waals surface area (Å²) < 4.78 is 0. The fraction of sp³-hybridized carbons (Fsp3) is 0.615. The molecule has 2 unspecified atom stereocenters. The van der Waals surface area contributed by atoms with E-state index in [1.807, 2.05) is 0 Å². The van der Waals surface area contributed by atoms with Crippen LogP contribution in [0.1, 0.15) is 39.0 Å². The van der Waals surface area contributed by atoms with Crippen molar-refractivity contribution in [1.82, 2.24) is 0 Å². The molecule has 0 aromatic carbocycles. The molecule has 16 heavy (non-hydrogen) atoms. The number of hydrogen-bond donors (Lipinski definition) is 2. The summed E-state index contributed by atoms with van der Waals surface area (Å²) in [7, 11) is 0. The van der Waals surface area contributed by atoms with E-state index < -0.39 is 5.97 Å². The molecule has 0 aliphatic heterocycles. The quantitative estimate of drug-likeness (QED) is 0.529. The molecule has 0 spiro atoms. The van der Waals surface area contributed by atoms with Crippen LogP contribution < -0.4 is 0 Å². The van der Waals surface area contributed by atoms with Crippen molar-refractivity contribution < 1.29 is 15.0 Å². The summed E-state index contributed by atoms with van der Waals surface area (Å²) in [6, 6.07) is 0. The van der Waals surface area contributed by atoms with Gasteiger partial charge in [0.2, 0.25) is 0 Å². The fourth-order valence-electron chi connectivity index (χ4n) is 3.18. The molecule has 2 aliphatic rings. The van der Waals surface area contributed by atoms with E-state index in [9.17, 15) is 4.79 Å². The molecular formula is C13H18O3. The number of carboxylic acid groups (broad SMARTS) is 1. The minimum Gasteiger partial charge on any atom is -0.516 e. The number of aliphatic hydroxyl groups excluding tert-OH is 1. The molecule has 0 saturated heterocycles. The molecule has 0 aromatic rings. The topological polar surface area (TPSA) is 57.5 Å². The van der Waals surface area contributed by atoms with Gasteiger partial charge in [0.25, 0.3) is 0 Å². The lowest BCUT2D eigenvalue weighted by atomic mass is 9.68. The third-order valence-corrected chi connectivity index (χ3v) is 4.16. The van der Waals surface area contributed by atoms with Crippen LogP contribution in [0.5, 0.6) is 0 Å². The first kappa shape index (κ1) is 11.2. The van der Waals surface area contributed by atoms with Crippen molar-refractivity contribution in [2.24, 2.45) is 11.3 Å². The number of aliphatic hydroxyl groups is 1. The van der Waals surface area contributed by atoms with Crippen LogP contribution in [0, 0.1) is 11.3 Å². The van der Waals surface area contributed by atoms with E-state index in [0.29, 0.717) is 5.92 Å². The van der Waals surface area contributed by atoms with E-state index in [0.717, 1.165) is 43.3 Å². The molecule has 0 radical (unpaired) electrons. The third-order valence-electron chi connectivity index (χ3n) is 4.16. The maximum atomic E-state index is 10.6. The summed E-state index contributed by atoms with van der Waals surface area (Å²) in [6.45, 7) is 2.26. The zero-order valence-electron chi connectivity index (χ0n) is 9.57. The van der Waals surface area contributed by atoms with Crippen LogP contribution in [-0.4, -0.2) is 16.2 Å². The predicted octanol–water partition coefficient (Wildman–Crippen LogP) is 3.04. The van der Waals surface area contributed by atoms with E-state index in [1.54, 1.807) is 0 Å². The summed E-state index contributed by atoms with van der Waals surface area (Å²) in [5, 5.41) is 17.8. The number of fused-ring (bicyclic) bond motifs is 1. The molecule has 2 aliphatic carbocycles. The Labute approximate surface area is 95.5 Å². The Balaban J connectivity index is 2.14. The van der Waals surface area contributed by atoms with Crippen molar-refractivity contribution in [2.45, 2.75) is 39.0 Å². The first-order chi connectivity index (χ1) is 7.53. The van der Waals surface area contributed by atoms with Crippen LogP contribution in [0.4, 0.5) is 0 Å². The van der Waals surface area contributed by atoms with Gasteiger partial charge in [0.05, 0.1) is 6.26 Å². The van der Waals surface area contributed by atoms with Crippen LogP contribution in [0.15, 0.2) is 23.5 Å². The van der Waals surface area contributed by atoms with Gasteiger partial charge in [-0.1, -0.05) is 12.5 Å². The summed E-state index contributed by atoms with van der Waals surface area (Å²) in [6.07, 6.45) is 7.29. The van der Waals surface area contributed by atoms with Gasteiger partial charge in [-0.2, -0.15) is 0 Å². The Morgan fingerprint density at radius 3 is 2.75 bits per heavy atom. The Bertz CT molecular complexity index is 367. The van der Waals surface area contributed by atoms with Crippen LogP contribution in [0.2, 0.25) is 0 Å². The lowest BCUT2D eigenvalue weighted by Crippen LogP contribution is -2.26. The number of allylic oxidation sites excluding steroid dienone is 2. The monoisotopic (exact) mass is 222 g/mol. The van der Waals surface area contributed by atoms with Gasteiger partial charge in [0.1, 0.15) is 0 Å². The molecular weight excluding hydrogens is 204 g/mol. The molecule has 0 amide bonds. The van der Waals surface area contributed by atoms with Crippen molar-refractivity contribution in [3.05, 3.63) is 23.5 Å². The lowest BCUT2D eigenvalue weighted by molar-refractivity contribution is -0.131. The second kappa shape index (κ2) is 3.96. The lowest BCUT2D eigenvalue weighted by Gasteiger charge is -2.37. The molecule has 3 nitrogen and oxygen atoms in total. The fourth-order valence-corrected chi connectivity index (χ4v) is 3.18. The number of carboxylic acids is 1. The maximum Gasteiger partial charge on any atom is 0.328 e. The zero-order chi connectivity index (χ0) is 11.8. The summed E-state index contributed by atoms with van der Waals surface area (Å²) in [5.41, 5.74) is 2.43. The molecule has 3 heteroatoms. The Kier molecular flexibility index (Phi) is 2.78. The van der Waals surface area contributed by atoms with Crippen molar-refractivity contribution in [3.8, 4) is 0 Å². The van der Waals surface area contributed by atoms with Gasteiger partial charge in [-0.3, -0.25) is 0 Å². The normalized spacial score (nSPS) is 38.9. The van der Waals surface area contributed by atoms with E-state index in [-0.39, 0.29) is 5.41 Å². The minimum absolute atomic E-state index is 0.268. The van der Waals surface area contributed by atoms with Gasteiger partial charge in [0.15, 0.2) is 0 Å². The average Bonchev–Trinajstić information content (AvgIpc) is 2.54. The average molecular weight is 222 g/mol. The first-order valence-corrected chi connectivity index (χ1v) is 5.78. The molecule has 2 saturated carbocycles. The Hall–Kier alpha value is -1.25. The van der Waals surface area contributed by atoms with Crippen LogP contribution in [0.25, 0.3) is 0 Å². The van der Waals surface area contributed by atoms with E-state index >= 15 is 0 Å². The van der Waals surface area contributed by atoms with Gasteiger partial charge in [-0.25, -0.2) is 4.79 Å². The van der Waals surface area contributed by atoms with Crippen molar-refractivity contribution >= 4 is 5.97 Å².